The zero-order valence-corrected chi connectivity index (χ0v) is 16.1. The van der Waals surface area contributed by atoms with Gasteiger partial charge >= 0.3 is 6.09 Å². The van der Waals surface area contributed by atoms with Crippen LogP contribution in [-0.4, -0.2) is 37.8 Å². The molecule has 1 unspecified atom stereocenters. The van der Waals surface area contributed by atoms with Gasteiger partial charge in [-0.25, -0.2) is 8.98 Å². The van der Waals surface area contributed by atoms with E-state index in [0.29, 0.717) is 13.0 Å². The second-order valence-corrected chi connectivity index (χ2v) is 8.91. The van der Waals surface area contributed by atoms with E-state index < -0.39 is 28.0 Å². The van der Waals surface area contributed by atoms with Crippen molar-refractivity contribution in [3.8, 4) is 0 Å². The quantitative estimate of drug-likeness (QED) is 0.757. The molecule has 1 saturated heterocycles. The van der Waals surface area contributed by atoms with Crippen molar-refractivity contribution < 1.29 is 22.1 Å². The molecule has 1 aromatic carbocycles. The highest BCUT2D eigenvalue weighted by Gasteiger charge is 2.33. The number of likely N-dealkylation sites (tertiary alicyclic amines) is 1. The summed E-state index contributed by atoms with van der Waals surface area (Å²) in [5.74, 6) is 0. The van der Waals surface area contributed by atoms with Crippen molar-refractivity contribution in [1.29, 1.82) is 0 Å². The van der Waals surface area contributed by atoms with Crippen LogP contribution in [0.2, 0.25) is 0 Å². The van der Waals surface area contributed by atoms with Gasteiger partial charge in [0, 0.05) is 6.54 Å². The van der Waals surface area contributed by atoms with Gasteiger partial charge in [0.2, 0.25) is 0 Å². The standard InChI is InChI=1S/C18H27NO5S/c1-14-9-11-15(12-10-14)25(21,22)24-16-8-6-5-7-13-19(16)17(20)23-18(2,3)4/h9-12,16H,5-8,13H2,1-4H3. The Morgan fingerprint density at radius 2 is 1.76 bits per heavy atom. The van der Waals surface area contributed by atoms with E-state index in [1.54, 1.807) is 32.9 Å². The van der Waals surface area contributed by atoms with E-state index in [1.807, 2.05) is 6.92 Å². The molecule has 0 N–H and O–H groups in total. The first kappa shape index (κ1) is 19.7. The van der Waals surface area contributed by atoms with Gasteiger partial charge in [-0.15, -0.1) is 0 Å². The third kappa shape index (κ3) is 5.71. The zero-order valence-electron chi connectivity index (χ0n) is 15.3. The Kier molecular flexibility index (Phi) is 6.11. The molecule has 2 rings (SSSR count). The molecule has 140 valence electrons. The fourth-order valence-electron chi connectivity index (χ4n) is 2.61. The van der Waals surface area contributed by atoms with Crippen molar-refractivity contribution in [2.24, 2.45) is 0 Å². The molecule has 1 atom stereocenters. The van der Waals surface area contributed by atoms with Gasteiger partial charge in [0.15, 0.2) is 6.23 Å². The minimum atomic E-state index is -3.95. The van der Waals surface area contributed by atoms with Crippen LogP contribution in [0.15, 0.2) is 29.2 Å². The summed E-state index contributed by atoms with van der Waals surface area (Å²) >= 11 is 0. The maximum atomic E-state index is 12.6. The smallest absolute Gasteiger partial charge is 0.412 e. The molecule has 0 saturated carbocycles. The Morgan fingerprint density at radius 1 is 1.12 bits per heavy atom. The molecule has 0 spiro atoms. The van der Waals surface area contributed by atoms with Crippen molar-refractivity contribution in [2.75, 3.05) is 6.54 Å². The molecule has 6 nitrogen and oxygen atoms in total. The third-order valence-corrected chi connectivity index (χ3v) is 5.20. The Bertz CT molecular complexity index is 691. The number of benzene rings is 1. The highest BCUT2D eigenvalue weighted by Crippen LogP contribution is 2.24. The van der Waals surface area contributed by atoms with E-state index >= 15 is 0 Å². The predicted molar refractivity (Wildman–Crippen MR) is 94.6 cm³/mol. The molecule has 0 aliphatic carbocycles. The molecule has 0 bridgehead atoms. The summed E-state index contributed by atoms with van der Waals surface area (Å²) in [6.45, 7) is 7.64. The molecule has 0 radical (unpaired) electrons. The van der Waals surface area contributed by atoms with E-state index in [2.05, 4.69) is 0 Å². The number of carbonyl (C=O) groups is 1. The number of nitrogens with zero attached hydrogens (tertiary/aromatic N) is 1. The predicted octanol–water partition coefficient (Wildman–Crippen LogP) is 3.84. The summed E-state index contributed by atoms with van der Waals surface area (Å²) in [4.78, 5) is 14.0. The average molecular weight is 369 g/mol. The number of carbonyl (C=O) groups excluding carboxylic acids is 1. The van der Waals surface area contributed by atoms with Crippen LogP contribution in [0.5, 0.6) is 0 Å². The lowest BCUT2D eigenvalue weighted by Gasteiger charge is -2.31. The largest absolute Gasteiger partial charge is 0.444 e. The lowest BCUT2D eigenvalue weighted by molar-refractivity contribution is -0.0174. The monoisotopic (exact) mass is 369 g/mol. The van der Waals surface area contributed by atoms with E-state index in [1.165, 1.54) is 17.0 Å². The fraction of sp³-hybridized carbons (Fsp3) is 0.611. The van der Waals surface area contributed by atoms with Gasteiger partial charge in [-0.3, -0.25) is 4.90 Å². The highest BCUT2D eigenvalue weighted by atomic mass is 32.2. The van der Waals surface area contributed by atoms with Crippen LogP contribution in [0.4, 0.5) is 4.79 Å². The van der Waals surface area contributed by atoms with Crippen LogP contribution in [-0.2, 0) is 19.0 Å². The Hall–Kier alpha value is -1.60. The second kappa shape index (κ2) is 7.74. The number of rotatable bonds is 3. The molecule has 25 heavy (non-hydrogen) atoms. The SMILES string of the molecule is Cc1ccc(S(=O)(=O)OC2CCCCCN2C(=O)OC(C)(C)C)cc1. The highest BCUT2D eigenvalue weighted by molar-refractivity contribution is 7.86. The summed E-state index contributed by atoms with van der Waals surface area (Å²) in [6.07, 6.45) is 1.59. The summed E-state index contributed by atoms with van der Waals surface area (Å²) < 4.78 is 36.0. The van der Waals surface area contributed by atoms with E-state index in [4.69, 9.17) is 8.92 Å². The minimum Gasteiger partial charge on any atom is -0.444 e. The van der Waals surface area contributed by atoms with Crippen LogP contribution in [0.1, 0.15) is 52.0 Å². The van der Waals surface area contributed by atoms with Crippen LogP contribution < -0.4 is 0 Å². The lowest BCUT2D eigenvalue weighted by Crippen LogP contribution is -2.45. The van der Waals surface area contributed by atoms with Crippen LogP contribution in [0.25, 0.3) is 0 Å². The van der Waals surface area contributed by atoms with E-state index in [0.717, 1.165) is 24.8 Å². The third-order valence-electron chi connectivity index (χ3n) is 3.87. The zero-order chi connectivity index (χ0) is 18.7. The molecule has 1 aliphatic heterocycles. The maximum absolute atomic E-state index is 12.6. The fourth-order valence-corrected chi connectivity index (χ4v) is 3.69. The molecule has 1 fully saturated rings. The van der Waals surface area contributed by atoms with Gasteiger partial charge in [0.05, 0.1) is 4.90 Å². The molecule has 1 amide bonds. The maximum Gasteiger partial charge on any atom is 0.412 e. The van der Waals surface area contributed by atoms with Crippen LogP contribution in [0.3, 0.4) is 0 Å². The van der Waals surface area contributed by atoms with Gasteiger partial charge in [-0.05, 0) is 59.1 Å². The van der Waals surface area contributed by atoms with Gasteiger partial charge in [0.1, 0.15) is 5.60 Å². The molecule has 0 aromatic heterocycles. The van der Waals surface area contributed by atoms with Crippen molar-refractivity contribution in [2.45, 2.75) is 70.1 Å². The van der Waals surface area contributed by atoms with E-state index in [-0.39, 0.29) is 4.90 Å². The summed E-state index contributed by atoms with van der Waals surface area (Å²) in [5, 5.41) is 0. The van der Waals surface area contributed by atoms with Gasteiger partial charge in [0.25, 0.3) is 10.1 Å². The van der Waals surface area contributed by atoms with E-state index in [9.17, 15) is 13.2 Å². The first-order valence-electron chi connectivity index (χ1n) is 8.58. The summed E-state index contributed by atoms with van der Waals surface area (Å²) in [6, 6.07) is 6.46. The minimum absolute atomic E-state index is 0.0893. The van der Waals surface area contributed by atoms with Gasteiger partial charge < -0.3 is 4.74 Å². The Balaban J connectivity index is 2.20. The van der Waals surface area contributed by atoms with Crippen molar-refractivity contribution >= 4 is 16.2 Å². The lowest BCUT2D eigenvalue weighted by atomic mass is 10.2. The van der Waals surface area contributed by atoms with Crippen molar-refractivity contribution in [1.82, 2.24) is 4.90 Å². The van der Waals surface area contributed by atoms with Crippen LogP contribution in [0, 0.1) is 6.92 Å². The van der Waals surface area contributed by atoms with Crippen molar-refractivity contribution in [3.05, 3.63) is 29.8 Å². The number of aryl methyl sites for hydroxylation is 1. The molecular formula is C18H27NO5S. The molecular weight excluding hydrogens is 342 g/mol. The Labute approximate surface area is 150 Å². The van der Waals surface area contributed by atoms with Gasteiger partial charge in [-0.1, -0.05) is 24.1 Å². The number of ether oxygens (including phenoxy) is 1. The van der Waals surface area contributed by atoms with Gasteiger partial charge in [-0.2, -0.15) is 8.42 Å². The number of hydrogen-bond donors (Lipinski definition) is 0. The normalized spacial score (nSPS) is 19.4. The number of hydrogen-bond acceptors (Lipinski definition) is 5. The Morgan fingerprint density at radius 3 is 2.36 bits per heavy atom. The second-order valence-electron chi connectivity index (χ2n) is 7.34. The molecule has 1 aromatic rings. The number of amides is 1. The molecule has 1 aliphatic rings. The summed E-state index contributed by atoms with van der Waals surface area (Å²) in [5.41, 5.74) is 0.313. The van der Waals surface area contributed by atoms with Crippen molar-refractivity contribution in [3.63, 3.8) is 0 Å². The topological polar surface area (TPSA) is 72.9 Å². The first-order valence-corrected chi connectivity index (χ1v) is 9.99. The molecule has 1 heterocycles. The molecule has 7 heteroatoms. The van der Waals surface area contributed by atoms with Crippen LogP contribution >= 0.6 is 0 Å². The average Bonchev–Trinajstić information content (AvgIpc) is 2.71. The first-order chi connectivity index (χ1) is 11.6. The summed E-state index contributed by atoms with van der Waals surface area (Å²) in [7, 11) is -3.95.